The molecule has 1 unspecified atom stereocenters. The topological polar surface area (TPSA) is 57.2 Å². The predicted molar refractivity (Wildman–Crippen MR) is 119 cm³/mol. The van der Waals surface area contributed by atoms with Crippen LogP contribution in [-0.4, -0.2) is 63.2 Å². The molecule has 1 atom stereocenters. The third-order valence-corrected chi connectivity index (χ3v) is 6.20. The lowest BCUT2D eigenvalue weighted by molar-refractivity contribution is -0.146. The molecule has 2 heterocycles. The van der Waals surface area contributed by atoms with Gasteiger partial charge in [0.2, 0.25) is 0 Å². The second-order valence-electron chi connectivity index (χ2n) is 8.01. The molecule has 29 heavy (non-hydrogen) atoms. The number of likely N-dealkylation sites (tertiary alicyclic amines) is 1. The normalized spacial score (nSPS) is 20.8. The minimum atomic E-state index is -0.0889. The van der Waals surface area contributed by atoms with E-state index in [1.807, 2.05) is 6.07 Å². The maximum Gasteiger partial charge on any atom is 0.308 e. The summed E-state index contributed by atoms with van der Waals surface area (Å²) in [6, 6.07) is 6.10. The summed E-state index contributed by atoms with van der Waals surface area (Å²) in [6.07, 6.45) is 2.78. The van der Waals surface area contributed by atoms with Crippen LogP contribution in [-0.2, 0) is 9.53 Å². The Kier molecular flexibility index (Phi) is 7.64. The van der Waals surface area contributed by atoms with Crippen molar-refractivity contribution in [3.63, 3.8) is 0 Å². The fourth-order valence-corrected chi connectivity index (χ4v) is 4.43. The van der Waals surface area contributed by atoms with Gasteiger partial charge in [0.1, 0.15) is 0 Å². The van der Waals surface area contributed by atoms with Crippen LogP contribution in [0.4, 0.5) is 5.69 Å². The number of esters is 1. The van der Waals surface area contributed by atoms with Crippen LogP contribution in [0.25, 0.3) is 0 Å². The number of halogens is 1. The first-order valence-corrected chi connectivity index (χ1v) is 11.0. The number of hydrogen-bond donors (Lipinski definition) is 1. The number of guanidine groups is 1. The minimum absolute atomic E-state index is 0.0171. The number of aryl methyl sites for hydroxylation is 1. The molecule has 3 rings (SSSR count). The van der Waals surface area contributed by atoms with Crippen LogP contribution in [0.2, 0.25) is 5.02 Å². The first-order valence-electron chi connectivity index (χ1n) is 10.6. The monoisotopic (exact) mass is 420 g/mol. The second-order valence-corrected chi connectivity index (χ2v) is 8.45. The molecule has 1 aromatic carbocycles. The fourth-order valence-electron chi connectivity index (χ4n) is 4.26. The Morgan fingerprint density at radius 3 is 2.72 bits per heavy atom. The minimum Gasteiger partial charge on any atom is -0.469 e. The van der Waals surface area contributed by atoms with E-state index in [2.05, 4.69) is 41.1 Å². The number of hydrogen-bond acceptors (Lipinski definition) is 4. The number of ether oxygens (including phenoxy) is 1. The summed E-state index contributed by atoms with van der Waals surface area (Å²) in [4.78, 5) is 21.4. The molecule has 7 heteroatoms. The van der Waals surface area contributed by atoms with Gasteiger partial charge in [0, 0.05) is 50.0 Å². The lowest BCUT2D eigenvalue weighted by atomic mass is 9.97. The predicted octanol–water partition coefficient (Wildman–Crippen LogP) is 3.33. The number of rotatable bonds is 5. The van der Waals surface area contributed by atoms with Crippen molar-refractivity contribution < 1.29 is 9.53 Å². The molecule has 0 bridgehead atoms. The molecule has 0 radical (unpaired) electrons. The number of methoxy groups -OCH3 is 1. The quantitative estimate of drug-likeness (QED) is 0.450. The van der Waals surface area contributed by atoms with E-state index in [9.17, 15) is 4.79 Å². The molecule has 0 amide bonds. The Morgan fingerprint density at radius 2 is 2.03 bits per heavy atom. The van der Waals surface area contributed by atoms with Gasteiger partial charge in [-0.2, -0.15) is 0 Å². The number of anilines is 1. The summed E-state index contributed by atoms with van der Waals surface area (Å²) in [5, 5.41) is 4.21. The van der Waals surface area contributed by atoms with Crippen LogP contribution in [0, 0.1) is 18.8 Å². The van der Waals surface area contributed by atoms with Gasteiger partial charge in [0.25, 0.3) is 0 Å². The third-order valence-electron chi connectivity index (χ3n) is 5.96. The zero-order valence-electron chi connectivity index (χ0n) is 17.8. The van der Waals surface area contributed by atoms with Gasteiger partial charge in [-0.25, -0.2) is 0 Å². The molecule has 0 spiro atoms. The van der Waals surface area contributed by atoms with Gasteiger partial charge in [-0.1, -0.05) is 17.7 Å². The van der Waals surface area contributed by atoms with Crippen LogP contribution < -0.4 is 10.2 Å². The van der Waals surface area contributed by atoms with E-state index in [1.54, 1.807) is 0 Å². The third kappa shape index (κ3) is 5.56. The lowest BCUT2D eigenvalue weighted by Crippen LogP contribution is -2.46. The van der Waals surface area contributed by atoms with E-state index in [0.29, 0.717) is 5.92 Å². The molecule has 0 saturated carbocycles. The van der Waals surface area contributed by atoms with Crippen molar-refractivity contribution in [2.75, 3.05) is 51.3 Å². The number of piperidine rings is 1. The largest absolute Gasteiger partial charge is 0.469 e. The van der Waals surface area contributed by atoms with Crippen LogP contribution >= 0.6 is 11.6 Å². The average Bonchev–Trinajstić information content (AvgIpc) is 3.21. The second kappa shape index (κ2) is 10.2. The zero-order valence-corrected chi connectivity index (χ0v) is 18.5. The van der Waals surface area contributed by atoms with E-state index in [0.717, 1.165) is 69.5 Å². The standard InChI is InChI=1S/C22H33ClN4O2/c1-4-24-22(26-11-8-18(9-12-26)21(28)29-3)25-14-17-7-10-27(15-17)20-13-19(23)6-5-16(20)2/h5-6,13,17-18H,4,7-12,14-15H2,1-3H3,(H,24,25). The maximum atomic E-state index is 11.8. The van der Waals surface area contributed by atoms with Crippen LogP contribution in [0.3, 0.4) is 0 Å². The van der Waals surface area contributed by atoms with E-state index in [4.69, 9.17) is 21.3 Å². The van der Waals surface area contributed by atoms with Crippen molar-refractivity contribution in [2.45, 2.75) is 33.1 Å². The molecular weight excluding hydrogens is 388 g/mol. The summed E-state index contributed by atoms with van der Waals surface area (Å²) in [6.45, 7) is 9.61. The fraction of sp³-hybridized carbons (Fsp3) is 0.636. The van der Waals surface area contributed by atoms with E-state index < -0.39 is 0 Å². The summed E-state index contributed by atoms with van der Waals surface area (Å²) in [5.41, 5.74) is 2.50. The molecule has 6 nitrogen and oxygen atoms in total. The van der Waals surface area contributed by atoms with Crippen molar-refractivity contribution in [1.82, 2.24) is 10.2 Å². The Balaban J connectivity index is 1.57. The van der Waals surface area contributed by atoms with Crippen molar-refractivity contribution in [2.24, 2.45) is 16.8 Å². The summed E-state index contributed by atoms with van der Waals surface area (Å²) >= 11 is 6.20. The molecule has 0 aromatic heterocycles. The van der Waals surface area contributed by atoms with Crippen LogP contribution in [0.1, 0.15) is 31.7 Å². The smallest absolute Gasteiger partial charge is 0.308 e. The van der Waals surface area contributed by atoms with Gasteiger partial charge in [-0.05, 0) is 56.7 Å². The molecule has 2 aliphatic rings. The van der Waals surface area contributed by atoms with Gasteiger partial charge in [0.05, 0.1) is 13.0 Å². The Hall–Kier alpha value is -1.95. The summed E-state index contributed by atoms with van der Waals surface area (Å²) in [7, 11) is 1.47. The molecule has 2 saturated heterocycles. The van der Waals surface area contributed by atoms with Crippen molar-refractivity contribution >= 4 is 29.2 Å². The average molecular weight is 421 g/mol. The zero-order chi connectivity index (χ0) is 20.8. The Labute approximate surface area is 179 Å². The molecule has 1 N–H and O–H groups in total. The van der Waals surface area contributed by atoms with E-state index in [1.165, 1.54) is 18.4 Å². The first-order chi connectivity index (χ1) is 14.0. The number of carbonyl (C=O) groups is 1. The molecular formula is C22H33ClN4O2. The van der Waals surface area contributed by atoms with Gasteiger partial charge < -0.3 is 19.9 Å². The van der Waals surface area contributed by atoms with E-state index in [-0.39, 0.29) is 11.9 Å². The maximum absolute atomic E-state index is 11.8. The molecule has 2 fully saturated rings. The number of carbonyl (C=O) groups excluding carboxylic acids is 1. The first kappa shape index (κ1) is 21.8. The lowest BCUT2D eigenvalue weighted by Gasteiger charge is -2.33. The summed E-state index contributed by atoms with van der Waals surface area (Å²) in [5.74, 6) is 1.43. The summed E-state index contributed by atoms with van der Waals surface area (Å²) < 4.78 is 4.89. The molecule has 2 aliphatic heterocycles. The molecule has 0 aliphatic carbocycles. The van der Waals surface area contributed by atoms with Gasteiger partial charge in [0.15, 0.2) is 5.96 Å². The van der Waals surface area contributed by atoms with Crippen LogP contribution in [0.5, 0.6) is 0 Å². The Bertz CT molecular complexity index is 732. The number of benzene rings is 1. The highest BCUT2D eigenvalue weighted by Crippen LogP contribution is 2.29. The van der Waals surface area contributed by atoms with Gasteiger partial charge in [-0.15, -0.1) is 0 Å². The molecule has 1 aromatic rings. The van der Waals surface area contributed by atoms with Gasteiger partial charge >= 0.3 is 5.97 Å². The highest BCUT2D eigenvalue weighted by Gasteiger charge is 2.28. The van der Waals surface area contributed by atoms with Crippen molar-refractivity contribution in [3.8, 4) is 0 Å². The highest BCUT2D eigenvalue weighted by atomic mass is 35.5. The van der Waals surface area contributed by atoms with Gasteiger partial charge in [-0.3, -0.25) is 9.79 Å². The number of nitrogens with one attached hydrogen (secondary N) is 1. The van der Waals surface area contributed by atoms with Crippen molar-refractivity contribution in [1.29, 1.82) is 0 Å². The van der Waals surface area contributed by atoms with Crippen LogP contribution in [0.15, 0.2) is 23.2 Å². The van der Waals surface area contributed by atoms with Crippen molar-refractivity contribution in [3.05, 3.63) is 28.8 Å². The highest BCUT2D eigenvalue weighted by molar-refractivity contribution is 6.30. The SMILES string of the molecule is CCNC(=NCC1CCN(c2cc(Cl)ccc2C)C1)N1CCC(C(=O)OC)CC1. The number of nitrogens with zero attached hydrogens (tertiary/aromatic N) is 3. The number of aliphatic imine (C=N–C) groups is 1. The molecule has 160 valence electrons. The Morgan fingerprint density at radius 1 is 1.28 bits per heavy atom. The van der Waals surface area contributed by atoms with E-state index >= 15 is 0 Å².